The van der Waals surface area contributed by atoms with Crippen molar-refractivity contribution >= 4 is 29.8 Å². The van der Waals surface area contributed by atoms with Gasteiger partial charge in [-0.3, -0.25) is 20.1 Å². The predicted molar refractivity (Wildman–Crippen MR) is 132 cm³/mol. The maximum Gasteiger partial charge on any atom is 0.313 e. The zero-order valence-corrected chi connectivity index (χ0v) is 20.1. The summed E-state index contributed by atoms with van der Waals surface area (Å²) < 4.78 is 41.4. The summed E-state index contributed by atoms with van der Waals surface area (Å²) in [6.45, 7) is 0.537. The van der Waals surface area contributed by atoms with E-state index < -0.39 is 41.1 Å². The third-order valence-corrected chi connectivity index (χ3v) is 6.28. The molecule has 4 rings (SSSR count). The van der Waals surface area contributed by atoms with Crippen LogP contribution in [0.5, 0.6) is 28.9 Å². The Morgan fingerprint density at radius 3 is 2.73 bits per heavy atom. The Morgan fingerprint density at radius 2 is 2.05 bits per heavy atom. The number of amidine groups is 1. The zero-order chi connectivity index (χ0) is 26.7. The molecule has 1 atom stereocenters. The summed E-state index contributed by atoms with van der Waals surface area (Å²) in [4.78, 5) is 21.4. The molecule has 1 aliphatic heterocycles. The molecule has 1 aliphatic rings. The number of para-hydroxylation sites is 1. The largest absolute Gasteiger partial charge is 0.504 e. The number of benzene rings is 2. The van der Waals surface area contributed by atoms with E-state index in [9.17, 15) is 14.3 Å². The minimum Gasteiger partial charge on any atom is -0.504 e. The fourth-order valence-corrected chi connectivity index (χ4v) is 4.22. The molecule has 1 unspecified atom stereocenters. The van der Waals surface area contributed by atoms with Gasteiger partial charge in [-0.1, -0.05) is 12.1 Å². The van der Waals surface area contributed by atoms with Gasteiger partial charge in [0, 0.05) is 23.9 Å². The number of nitrogens with zero attached hydrogens (tertiary/aromatic N) is 3. The summed E-state index contributed by atoms with van der Waals surface area (Å²) in [6, 6.07) is 8.68. The van der Waals surface area contributed by atoms with Crippen molar-refractivity contribution in [1.82, 2.24) is 9.88 Å². The summed E-state index contributed by atoms with van der Waals surface area (Å²) in [5.74, 6) is -6.34. The lowest BCUT2D eigenvalue weighted by molar-refractivity contribution is -0.133. The smallest absolute Gasteiger partial charge is 0.313 e. The average molecular weight is 530 g/mol. The SMILES string of the molecule is CN1CC=NC1c1cccc(SCC(=O)O)c1Oc1c(F)cnc(Oc2cc(C(=N)N)ccc2O)c1F. The molecule has 192 valence electrons. The van der Waals surface area contributed by atoms with Crippen molar-refractivity contribution in [3.8, 4) is 28.9 Å². The van der Waals surface area contributed by atoms with E-state index >= 15 is 4.39 Å². The van der Waals surface area contributed by atoms with Crippen molar-refractivity contribution in [3.63, 3.8) is 0 Å². The number of rotatable bonds is 9. The maximum absolute atomic E-state index is 15.5. The Hall–Kier alpha value is -4.23. The van der Waals surface area contributed by atoms with Crippen LogP contribution in [0.3, 0.4) is 0 Å². The molecule has 2 aromatic carbocycles. The zero-order valence-electron chi connectivity index (χ0n) is 19.3. The number of nitrogens with two attached hydrogens (primary N) is 1. The van der Waals surface area contributed by atoms with Crippen LogP contribution in [0.4, 0.5) is 8.78 Å². The van der Waals surface area contributed by atoms with Crippen LogP contribution in [0, 0.1) is 17.0 Å². The molecule has 13 heteroatoms. The topological polar surface area (TPSA) is 154 Å². The molecule has 0 bridgehead atoms. The van der Waals surface area contributed by atoms with Gasteiger partial charge < -0.3 is 25.4 Å². The van der Waals surface area contributed by atoms with Crippen molar-refractivity contribution < 1.29 is 33.3 Å². The van der Waals surface area contributed by atoms with Crippen molar-refractivity contribution in [3.05, 3.63) is 65.4 Å². The first kappa shape index (κ1) is 25.9. The second-order valence-electron chi connectivity index (χ2n) is 7.86. The second-order valence-corrected chi connectivity index (χ2v) is 8.87. The summed E-state index contributed by atoms with van der Waals surface area (Å²) >= 11 is 0.922. The third kappa shape index (κ3) is 5.62. The van der Waals surface area contributed by atoms with Crippen LogP contribution >= 0.6 is 11.8 Å². The third-order valence-electron chi connectivity index (χ3n) is 5.25. The number of halogens is 2. The van der Waals surface area contributed by atoms with E-state index in [1.54, 1.807) is 31.5 Å². The monoisotopic (exact) mass is 529 g/mol. The molecule has 37 heavy (non-hydrogen) atoms. The van der Waals surface area contributed by atoms with E-state index in [1.165, 1.54) is 18.2 Å². The molecule has 0 radical (unpaired) electrons. The molecule has 0 spiro atoms. The summed E-state index contributed by atoms with van der Waals surface area (Å²) in [7, 11) is 1.81. The van der Waals surface area contributed by atoms with Crippen LogP contribution in [-0.4, -0.2) is 57.5 Å². The molecule has 0 saturated carbocycles. The molecule has 0 aliphatic carbocycles. The molecular weight excluding hydrogens is 508 g/mol. The van der Waals surface area contributed by atoms with E-state index in [0.29, 0.717) is 23.2 Å². The number of aliphatic imine (C=N–C) groups is 1. The van der Waals surface area contributed by atoms with Gasteiger partial charge in [0.05, 0.1) is 16.8 Å². The Balaban J connectivity index is 1.76. The fraction of sp³-hybridized carbons (Fsp3) is 0.167. The first-order valence-electron chi connectivity index (χ1n) is 10.7. The van der Waals surface area contributed by atoms with Crippen molar-refractivity contribution in [2.75, 3.05) is 19.3 Å². The van der Waals surface area contributed by atoms with Gasteiger partial charge in [0.1, 0.15) is 17.8 Å². The standard InChI is InChI=1S/C24H21F2N5O5S/c1-31-8-7-29-23(31)13-3-2-4-17(37-11-18(33)34)20(13)36-21-14(25)10-30-24(19(21)26)35-16-9-12(22(27)28)5-6-15(16)32/h2-7,9-10,23,32H,8,11H2,1H3,(H3,27,28)(H,33,34). The number of nitrogen functional groups attached to an aromatic ring is 1. The Kier molecular flexibility index (Phi) is 7.55. The van der Waals surface area contributed by atoms with Crippen molar-refractivity contribution in [2.45, 2.75) is 11.1 Å². The lowest BCUT2D eigenvalue weighted by atomic mass is 10.1. The van der Waals surface area contributed by atoms with Crippen LogP contribution in [-0.2, 0) is 4.79 Å². The van der Waals surface area contributed by atoms with Crippen LogP contribution in [0.2, 0.25) is 0 Å². The van der Waals surface area contributed by atoms with E-state index in [0.717, 1.165) is 11.8 Å². The highest BCUT2D eigenvalue weighted by Crippen LogP contribution is 2.43. The van der Waals surface area contributed by atoms with E-state index in [-0.39, 0.29) is 28.7 Å². The Labute approximate surface area is 213 Å². The van der Waals surface area contributed by atoms with Gasteiger partial charge in [0.25, 0.3) is 5.88 Å². The van der Waals surface area contributed by atoms with Crippen molar-refractivity contribution in [2.24, 2.45) is 10.7 Å². The Morgan fingerprint density at radius 1 is 1.27 bits per heavy atom. The Bertz CT molecular complexity index is 1400. The van der Waals surface area contributed by atoms with Gasteiger partial charge in [-0.15, -0.1) is 11.8 Å². The molecule has 2 heterocycles. The number of hydrogen-bond donors (Lipinski definition) is 4. The number of ether oxygens (including phenoxy) is 2. The average Bonchev–Trinajstić information content (AvgIpc) is 3.29. The van der Waals surface area contributed by atoms with Crippen LogP contribution < -0.4 is 15.2 Å². The number of thioether (sulfide) groups is 1. The first-order chi connectivity index (χ1) is 17.7. The van der Waals surface area contributed by atoms with Gasteiger partial charge in [0.15, 0.2) is 17.3 Å². The number of phenolic OH excluding ortho intramolecular Hbond substituents is 1. The highest BCUT2D eigenvalue weighted by atomic mass is 32.2. The molecule has 3 aromatic rings. The minimum atomic E-state index is -1.31. The van der Waals surface area contributed by atoms with Gasteiger partial charge >= 0.3 is 5.97 Å². The summed E-state index contributed by atoms with van der Waals surface area (Å²) in [5.41, 5.74) is 6.12. The highest BCUT2D eigenvalue weighted by Gasteiger charge is 2.28. The number of aromatic nitrogens is 1. The van der Waals surface area contributed by atoms with Crippen molar-refractivity contribution in [1.29, 1.82) is 5.41 Å². The number of aromatic hydroxyl groups is 1. The van der Waals surface area contributed by atoms with Gasteiger partial charge in [-0.2, -0.15) is 4.39 Å². The number of nitrogens with one attached hydrogen (secondary N) is 1. The van der Waals surface area contributed by atoms with Crippen LogP contribution in [0.15, 0.2) is 52.5 Å². The van der Waals surface area contributed by atoms with E-state index in [2.05, 4.69) is 9.98 Å². The maximum atomic E-state index is 15.5. The number of phenols is 1. The first-order valence-corrected chi connectivity index (χ1v) is 11.7. The van der Waals surface area contributed by atoms with Crippen LogP contribution in [0.25, 0.3) is 0 Å². The number of aliphatic carboxylic acids is 1. The number of carboxylic acid groups (broad SMARTS) is 1. The fourth-order valence-electron chi connectivity index (χ4n) is 3.47. The predicted octanol–water partition coefficient (Wildman–Crippen LogP) is 4.13. The molecular formula is C24H21F2N5O5S. The molecule has 1 aromatic heterocycles. The summed E-state index contributed by atoms with van der Waals surface area (Å²) in [5, 5.41) is 26.8. The quantitative estimate of drug-likeness (QED) is 0.182. The lowest BCUT2D eigenvalue weighted by Gasteiger charge is -2.23. The highest BCUT2D eigenvalue weighted by molar-refractivity contribution is 8.00. The normalized spacial score (nSPS) is 15.1. The van der Waals surface area contributed by atoms with Gasteiger partial charge in [0.2, 0.25) is 11.6 Å². The van der Waals surface area contributed by atoms with Crippen LogP contribution in [0.1, 0.15) is 17.3 Å². The number of pyridine rings is 1. The summed E-state index contributed by atoms with van der Waals surface area (Å²) in [6.07, 6.45) is 1.86. The molecule has 0 saturated heterocycles. The van der Waals surface area contributed by atoms with Gasteiger partial charge in [-0.25, -0.2) is 9.37 Å². The lowest BCUT2D eigenvalue weighted by Crippen LogP contribution is -2.19. The van der Waals surface area contributed by atoms with E-state index in [4.69, 9.17) is 25.7 Å². The molecule has 0 amide bonds. The number of carbonyl (C=O) groups is 1. The molecule has 0 fully saturated rings. The van der Waals surface area contributed by atoms with Gasteiger partial charge in [-0.05, 0) is 31.3 Å². The second kappa shape index (κ2) is 10.8. The minimum absolute atomic E-state index is 0.0287. The van der Waals surface area contributed by atoms with E-state index in [1.807, 2.05) is 4.90 Å². The number of hydrogen-bond acceptors (Lipinski definition) is 9. The molecule has 10 nitrogen and oxygen atoms in total. The number of carboxylic acids is 1. The molecule has 5 N–H and O–H groups in total.